The first-order valence-electron chi connectivity index (χ1n) is 8.44. The summed E-state index contributed by atoms with van der Waals surface area (Å²) in [4.78, 5) is 37.2. The zero-order valence-electron chi connectivity index (χ0n) is 14.1. The fraction of sp³-hybridized carbons (Fsp3) is 0.500. The van der Waals surface area contributed by atoms with Crippen LogP contribution < -0.4 is 5.32 Å². The summed E-state index contributed by atoms with van der Waals surface area (Å²) >= 11 is 1.62. The third kappa shape index (κ3) is 4.15. The SMILES string of the molecule is CC(=O)NCCSC1CC2CC(=O)N2C1C(=O)OCc1ccccc1. The number of hydrogen-bond donors (Lipinski definition) is 1. The van der Waals surface area contributed by atoms with Crippen molar-refractivity contribution in [2.75, 3.05) is 12.3 Å². The first-order chi connectivity index (χ1) is 12.1. The Labute approximate surface area is 151 Å². The van der Waals surface area contributed by atoms with E-state index in [2.05, 4.69) is 5.32 Å². The molecule has 7 heteroatoms. The number of carbonyl (C=O) groups is 3. The van der Waals surface area contributed by atoms with Gasteiger partial charge in [-0.05, 0) is 12.0 Å². The van der Waals surface area contributed by atoms with Crippen LogP contribution in [0.2, 0.25) is 0 Å². The van der Waals surface area contributed by atoms with E-state index < -0.39 is 6.04 Å². The molecule has 3 rings (SSSR count). The zero-order chi connectivity index (χ0) is 17.8. The molecule has 3 atom stereocenters. The lowest BCUT2D eigenvalue weighted by atomic mass is 10.0. The average Bonchev–Trinajstić information content (AvgIpc) is 2.89. The number of ether oxygens (including phenoxy) is 1. The molecule has 0 spiro atoms. The molecule has 1 N–H and O–H groups in total. The standard InChI is InChI=1S/C18H22N2O4S/c1-12(21)19-7-8-25-15-9-14-10-16(22)20(14)17(15)18(23)24-11-13-5-3-2-4-6-13/h2-6,14-15,17H,7-11H2,1H3,(H,19,21). The van der Waals surface area contributed by atoms with Crippen molar-refractivity contribution in [2.24, 2.45) is 0 Å². The summed E-state index contributed by atoms with van der Waals surface area (Å²) in [5, 5.41) is 2.77. The Balaban J connectivity index is 1.57. The maximum Gasteiger partial charge on any atom is 0.330 e. The van der Waals surface area contributed by atoms with Crippen LogP contribution in [0.5, 0.6) is 0 Å². The number of amides is 2. The molecule has 0 bridgehead atoms. The Morgan fingerprint density at radius 3 is 2.76 bits per heavy atom. The van der Waals surface area contributed by atoms with Gasteiger partial charge in [-0.25, -0.2) is 4.79 Å². The van der Waals surface area contributed by atoms with Crippen LogP contribution in [-0.2, 0) is 25.7 Å². The normalized spacial score (nSPS) is 24.4. The fourth-order valence-electron chi connectivity index (χ4n) is 3.33. The summed E-state index contributed by atoms with van der Waals surface area (Å²) in [5.41, 5.74) is 0.926. The Kier molecular flexibility index (Phi) is 5.63. The number of thioether (sulfide) groups is 1. The van der Waals surface area contributed by atoms with E-state index in [9.17, 15) is 14.4 Å². The molecule has 3 unspecified atom stereocenters. The second kappa shape index (κ2) is 7.91. The van der Waals surface area contributed by atoms with Crippen molar-refractivity contribution in [2.45, 2.75) is 43.7 Å². The van der Waals surface area contributed by atoms with Crippen molar-refractivity contribution >= 4 is 29.5 Å². The van der Waals surface area contributed by atoms with Gasteiger partial charge in [0.05, 0.1) is 0 Å². The summed E-state index contributed by atoms with van der Waals surface area (Å²) in [5.74, 6) is 0.333. The molecule has 1 aromatic carbocycles. The second-order valence-electron chi connectivity index (χ2n) is 6.33. The van der Waals surface area contributed by atoms with Crippen LogP contribution in [0, 0.1) is 0 Å². The van der Waals surface area contributed by atoms with Crippen LogP contribution in [0.25, 0.3) is 0 Å². The number of β-lactam (4-membered cyclic amide) rings is 1. The van der Waals surface area contributed by atoms with Crippen LogP contribution in [0.3, 0.4) is 0 Å². The van der Waals surface area contributed by atoms with Crippen LogP contribution in [0.1, 0.15) is 25.3 Å². The molecule has 1 aromatic rings. The summed E-state index contributed by atoms with van der Waals surface area (Å²) in [6.45, 7) is 2.25. The molecular formula is C18H22N2O4S. The van der Waals surface area contributed by atoms with E-state index in [1.807, 2.05) is 30.3 Å². The van der Waals surface area contributed by atoms with Gasteiger partial charge in [0.25, 0.3) is 0 Å². The molecule has 2 amide bonds. The predicted octanol–water partition coefficient (Wildman–Crippen LogP) is 1.34. The van der Waals surface area contributed by atoms with Gasteiger partial charge in [-0.2, -0.15) is 11.8 Å². The minimum Gasteiger partial charge on any atom is -0.459 e. The van der Waals surface area contributed by atoms with E-state index in [0.717, 1.165) is 12.0 Å². The number of fused-ring (bicyclic) bond motifs is 1. The Morgan fingerprint density at radius 2 is 2.08 bits per heavy atom. The largest absolute Gasteiger partial charge is 0.459 e. The molecule has 6 nitrogen and oxygen atoms in total. The molecule has 0 aliphatic carbocycles. The van der Waals surface area contributed by atoms with Gasteiger partial charge in [-0.15, -0.1) is 0 Å². The molecule has 2 aliphatic heterocycles. The molecule has 0 radical (unpaired) electrons. The summed E-state index contributed by atoms with van der Waals surface area (Å²) in [6, 6.07) is 9.14. The molecular weight excluding hydrogens is 340 g/mol. The lowest BCUT2D eigenvalue weighted by Gasteiger charge is -2.37. The van der Waals surface area contributed by atoms with Crippen molar-refractivity contribution in [1.82, 2.24) is 10.2 Å². The maximum atomic E-state index is 12.6. The molecule has 2 fully saturated rings. The summed E-state index contributed by atoms with van der Waals surface area (Å²) in [7, 11) is 0. The van der Waals surface area contributed by atoms with E-state index >= 15 is 0 Å². The number of esters is 1. The quantitative estimate of drug-likeness (QED) is 0.450. The number of nitrogens with one attached hydrogen (secondary N) is 1. The predicted molar refractivity (Wildman–Crippen MR) is 94.8 cm³/mol. The zero-order valence-corrected chi connectivity index (χ0v) is 15.0. The van der Waals surface area contributed by atoms with Crippen molar-refractivity contribution in [1.29, 1.82) is 0 Å². The van der Waals surface area contributed by atoms with Crippen LogP contribution >= 0.6 is 11.8 Å². The molecule has 25 heavy (non-hydrogen) atoms. The molecule has 134 valence electrons. The lowest BCUT2D eigenvalue weighted by molar-refractivity contribution is -0.161. The molecule has 2 saturated heterocycles. The lowest BCUT2D eigenvalue weighted by Crippen LogP contribution is -2.55. The van der Waals surface area contributed by atoms with Crippen LogP contribution in [-0.4, -0.2) is 52.3 Å². The minimum absolute atomic E-state index is 0.0217. The van der Waals surface area contributed by atoms with E-state index in [1.165, 1.54) is 6.92 Å². The fourth-order valence-corrected chi connectivity index (χ4v) is 4.63. The maximum absolute atomic E-state index is 12.6. The third-order valence-corrected chi connectivity index (χ3v) is 5.84. The molecule has 0 aromatic heterocycles. The summed E-state index contributed by atoms with van der Waals surface area (Å²) < 4.78 is 5.47. The number of rotatable bonds is 7. The number of nitrogens with zero attached hydrogens (tertiary/aromatic N) is 1. The first-order valence-corrected chi connectivity index (χ1v) is 9.49. The summed E-state index contributed by atoms with van der Waals surface area (Å²) in [6.07, 6.45) is 1.33. The molecule has 0 saturated carbocycles. The Morgan fingerprint density at radius 1 is 1.32 bits per heavy atom. The Bertz CT molecular complexity index is 652. The highest BCUT2D eigenvalue weighted by Gasteiger charge is 2.54. The van der Waals surface area contributed by atoms with Gasteiger partial charge < -0.3 is 15.0 Å². The highest BCUT2D eigenvalue weighted by molar-refractivity contribution is 8.00. The van der Waals surface area contributed by atoms with Gasteiger partial charge in [0, 0.05) is 36.9 Å². The van der Waals surface area contributed by atoms with Gasteiger partial charge in [0.2, 0.25) is 11.8 Å². The van der Waals surface area contributed by atoms with Crippen molar-refractivity contribution in [3.63, 3.8) is 0 Å². The van der Waals surface area contributed by atoms with Crippen molar-refractivity contribution < 1.29 is 19.1 Å². The highest BCUT2D eigenvalue weighted by atomic mass is 32.2. The smallest absolute Gasteiger partial charge is 0.330 e. The second-order valence-corrected chi connectivity index (χ2v) is 7.67. The first kappa shape index (κ1) is 17.8. The van der Waals surface area contributed by atoms with E-state index in [4.69, 9.17) is 4.74 Å². The van der Waals surface area contributed by atoms with Gasteiger partial charge in [-0.1, -0.05) is 30.3 Å². The van der Waals surface area contributed by atoms with Gasteiger partial charge >= 0.3 is 5.97 Å². The molecule has 2 aliphatic rings. The highest BCUT2D eigenvalue weighted by Crippen LogP contribution is 2.41. The van der Waals surface area contributed by atoms with Crippen molar-refractivity contribution in [3.05, 3.63) is 35.9 Å². The van der Waals surface area contributed by atoms with Gasteiger partial charge in [0.15, 0.2) is 0 Å². The Hall–Kier alpha value is -2.02. The average molecular weight is 362 g/mol. The van der Waals surface area contributed by atoms with E-state index in [1.54, 1.807) is 16.7 Å². The number of hydrogen-bond acceptors (Lipinski definition) is 5. The van der Waals surface area contributed by atoms with Crippen LogP contribution in [0.15, 0.2) is 30.3 Å². The van der Waals surface area contributed by atoms with Gasteiger partial charge in [0.1, 0.15) is 12.6 Å². The van der Waals surface area contributed by atoms with E-state index in [-0.39, 0.29) is 35.7 Å². The number of carbonyl (C=O) groups excluding carboxylic acids is 3. The molecule has 2 heterocycles. The third-order valence-electron chi connectivity index (χ3n) is 4.52. The van der Waals surface area contributed by atoms with Crippen molar-refractivity contribution in [3.8, 4) is 0 Å². The van der Waals surface area contributed by atoms with Crippen LogP contribution in [0.4, 0.5) is 0 Å². The monoisotopic (exact) mass is 362 g/mol. The topological polar surface area (TPSA) is 75.7 Å². The number of benzene rings is 1. The van der Waals surface area contributed by atoms with E-state index in [0.29, 0.717) is 18.7 Å². The van der Waals surface area contributed by atoms with Gasteiger partial charge in [-0.3, -0.25) is 9.59 Å². The minimum atomic E-state index is -0.516.